The summed E-state index contributed by atoms with van der Waals surface area (Å²) >= 11 is 12.3. The fourth-order valence-electron chi connectivity index (χ4n) is 2.86. The Hall–Kier alpha value is -1.04. The van der Waals surface area contributed by atoms with Gasteiger partial charge in [0.05, 0.1) is 6.07 Å². The number of benzene rings is 1. The van der Waals surface area contributed by atoms with Gasteiger partial charge in [-0.1, -0.05) is 55.0 Å². The van der Waals surface area contributed by atoms with Gasteiger partial charge in [0.25, 0.3) is 0 Å². The van der Waals surface area contributed by atoms with Crippen LogP contribution in [0.4, 0.5) is 0 Å². The maximum absolute atomic E-state index is 12.6. The molecule has 1 aliphatic rings. The number of carbonyl (C=O) groups is 1. The molecule has 1 aromatic carbocycles. The van der Waals surface area contributed by atoms with Crippen LogP contribution in [0, 0.1) is 17.2 Å². The molecule has 0 saturated heterocycles. The molecule has 0 bridgehead atoms. The highest BCUT2D eigenvalue weighted by molar-refractivity contribution is 6.36. The SMILES string of the molecule is N#CC(C(=O)C1CCCCCC1)c1c(Cl)cccc1Cl. The van der Waals surface area contributed by atoms with Crippen molar-refractivity contribution in [1.29, 1.82) is 5.26 Å². The first kappa shape index (κ1) is 15.4. The van der Waals surface area contributed by atoms with E-state index in [1.807, 2.05) is 0 Å². The number of nitriles is 1. The lowest BCUT2D eigenvalue weighted by Gasteiger charge is -2.18. The largest absolute Gasteiger partial charge is 0.298 e. The van der Waals surface area contributed by atoms with E-state index in [1.54, 1.807) is 18.2 Å². The van der Waals surface area contributed by atoms with Crippen molar-refractivity contribution in [3.05, 3.63) is 33.8 Å². The molecule has 0 radical (unpaired) electrons. The van der Waals surface area contributed by atoms with Gasteiger partial charge in [0.1, 0.15) is 5.92 Å². The van der Waals surface area contributed by atoms with Crippen molar-refractivity contribution >= 4 is 29.0 Å². The average Bonchev–Trinajstić information content (AvgIpc) is 2.71. The zero-order valence-corrected chi connectivity index (χ0v) is 12.8. The zero-order chi connectivity index (χ0) is 14.5. The second-order valence-corrected chi connectivity index (χ2v) is 6.10. The van der Waals surface area contributed by atoms with Crippen molar-refractivity contribution in [2.75, 3.05) is 0 Å². The molecule has 0 aliphatic heterocycles. The van der Waals surface area contributed by atoms with Crippen LogP contribution in [0.25, 0.3) is 0 Å². The van der Waals surface area contributed by atoms with Gasteiger partial charge in [0.2, 0.25) is 0 Å². The number of nitrogens with zero attached hydrogens (tertiary/aromatic N) is 1. The number of hydrogen-bond donors (Lipinski definition) is 0. The molecule has 1 unspecified atom stereocenters. The van der Waals surface area contributed by atoms with E-state index in [9.17, 15) is 10.1 Å². The summed E-state index contributed by atoms with van der Waals surface area (Å²) in [5.41, 5.74) is 0.465. The van der Waals surface area contributed by atoms with E-state index in [4.69, 9.17) is 23.2 Å². The molecule has 106 valence electrons. The van der Waals surface area contributed by atoms with Crippen LogP contribution in [-0.4, -0.2) is 5.78 Å². The van der Waals surface area contributed by atoms with Crippen molar-refractivity contribution < 1.29 is 4.79 Å². The third kappa shape index (κ3) is 3.34. The summed E-state index contributed by atoms with van der Waals surface area (Å²) in [7, 11) is 0. The van der Waals surface area contributed by atoms with E-state index in [0.717, 1.165) is 25.7 Å². The number of rotatable bonds is 3. The van der Waals surface area contributed by atoms with Crippen LogP contribution >= 0.6 is 23.2 Å². The van der Waals surface area contributed by atoms with Gasteiger partial charge in [-0.15, -0.1) is 0 Å². The molecule has 4 heteroatoms. The Morgan fingerprint density at radius 2 is 1.70 bits per heavy atom. The topological polar surface area (TPSA) is 40.9 Å². The lowest BCUT2D eigenvalue weighted by molar-refractivity contribution is -0.123. The van der Waals surface area contributed by atoms with Gasteiger partial charge in [-0.25, -0.2) is 0 Å². The molecule has 0 N–H and O–H groups in total. The van der Waals surface area contributed by atoms with Gasteiger partial charge in [-0.3, -0.25) is 4.79 Å². The Bertz CT molecular complexity index is 508. The molecule has 0 heterocycles. The van der Waals surface area contributed by atoms with Crippen LogP contribution in [0.15, 0.2) is 18.2 Å². The molecule has 1 aliphatic carbocycles. The second-order valence-electron chi connectivity index (χ2n) is 5.29. The number of ketones is 1. The lowest BCUT2D eigenvalue weighted by atomic mass is 9.84. The van der Waals surface area contributed by atoms with E-state index in [-0.39, 0.29) is 11.7 Å². The lowest BCUT2D eigenvalue weighted by Crippen LogP contribution is -2.21. The van der Waals surface area contributed by atoms with E-state index >= 15 is 0 Å². The zero-order valence-electron chi connectivity index (χ0n) is 11.2. The quantitative estimate of drug-likeness (QED) is 0.725. The van der Waals surface area contributed by atoms with Gasteiger partial charge in [0, 0.05) is 21.5 Å². The molecule has 1 fully saturated rings. The summed E-state index contributed by atoms with van der Waals surface area (Å²) in [5.74, 6) is -0.904. The summed E-state index contributed by atoms with van der Waals surface area (Å²) in [5, 5.41) is 10.2. The molecule has 1 atom stereocenters. The maximum Gasteiger partial charge on any atom is 0.157 e. The smallest absolute Gasteiger partial charge is 0.157 e. The van der Waals surface area contributed by atoms with Crippen molar-refractivity contribution in [3.8, 4) is 6.07 Å². The number of hydrogen-bond acceptors (Lipinski definition) is 2. The highest BCUT2D eigenvalue weighted by atomic mass is 35.5. The predicted molar refractivity (Wildman–Crippen MR) is 81.0 cm³/mol. The molecule has 0 amide bonds. The molecule has 2 rings (SSSR count). The Morgan fingerprint density at radius 1 is 1.15 bits per heavy atom. The molecular weight excluding hydrogens is 293 g/mol. The first-order valence-electron chi connectivity index (χ1n) is 7.02. The van der Waals surface area contributed by atoms with Crippen molar-refractivity contribution in [2.45, 2.75) is 44.4 Å². The van der Waals surface area contributed by atoms with Gasteiger partial charge in [-0.05, 0) is 25.0 Å². The average molecular weight is 310 g/mol. The van der Waals surface area contributed by atoms with E-state index < -0.39 is 5.92 Å². The van der Waals surface area contributed by atoms with Crippen molar-refractivity contribution in [3.63, 3.8) is 0 Å². The molecule has 1 aromatic rings. The normalized spacial score (nSPS) is 18.1. The summed E-state index contributed by atoms with van der Waals surface area (Å²) in [6.07, 6.45) is 6.22. The molecule has 20 heavy (non-hydrogen) atoms. The summed E-state index contributed by atoms with van der Waals surface area (Å²) in [6, 6.07) is 7.17. The van der Waals surface area contributed by atoms with Crippen molar-refractivity contribution in [2.24, 2.45) is 5.92 Å². The Kier molecular flexibility index (Phi) is 5.46. The molecule has 0 spiro atoms. The van der Waals surface area contributed by atoms with Gasteiger partial charge in [0.15, 0.2) is 5.78 Å². The summed E-state index contributed by atoms with van der Waals surface area (Å²) in [6.45, 7) is 0. The Morgan fingerprint density at radius 3 is 2.20 bits per heavy atom. The maximum atomic E-state index is 12.6. The number of halogens is 2. The van der Waals surface area contributed by atoms with Crippen LogP contribution in [0.1, 0.15) is 50.0 Å². The minimum atomic E-state index is -0.848. The molecular formula is C16H17Cl2NO. The van der Waals surface area contributed by atoms with Crippen LogP contribution in [0.5, 0.6) is 0 Å². The number of carbonyl (C=O) groups excluding carboxylic acids is 1. The monoisotopic (exact) mass is 309 g/mol. The third-order valence-corrected chi connectivity index (χ3v) is 4.62. The van der Waals surface area contributed by atoms with Gasteiger partial charge >= 0.3 is 0 Å². The third-order valence-electron chi connectivity index (χ3n) is 3.96. The molecule has 2 nitrogen and oxygen atoms in total. The first-order valence-corrected chi connectivity index (χ1v) is 7.78. The first-order chi connectivity index (χ1) is 9.65. The Labute approximate surface area is 129 Å². The van der Waals surface area contributed by atoms with E-state index in [0.29, 0.717) is 15.6 Å². The van der Waals surface area contributed by atoms with E-state index in [2.05, 4.69) is 6.07 Å². The van der Waals surface area contributed by atoms with Gasteiger partial charge < -0.3 is 0 Å². The fraction of sp³-hybridized carbons (Fsp3) is 0.500. The highest BCUT2D eigenvalue weighted by Gasteiger charge is 2.31. The summed E-state index contributed by atoms with van der Waals surface area (Å²) in [4.78, 5) is 12.6. The highest BCUT2D eigenvalue weighted by Crippen LogP contribution is 2.35. The standard InChI is InChI=1S/C16H17Cl2NO/c17-13-8-5-9-14(18)15(13)12(10-19)16(20)11-6-3-1-2-4-7-11/h5,8-9,11-12H,1-4,6-7H2. The summed E-state index contributed by atoms with van der Waals surface area (Å²) < 4.78 is 0. The predicted octanol–water partition coefficient (Wildman–Crippen LogP) is 5.14. The van der Waals surface area contributed by atoms with Crippen LogP contribution in [0.2, 0.25) is 10.0 Å². The van der Waals surface area contributed by atoms with Gasteiger partial charge in [-0.2, -0.15) is 5.26 Å². The van der Waals surface area contributed by atoms with Crippen LogP contribution in [0.3, 0.4) is 0 Å². The molecule has 0 aromatic heterocycles. The Balaban J connectivity index is 2.28. The minimum absolute atomic E-state index is 0.0237. The minimum Gasteiger partial charge on any atom is -0.298 e. The van der Waals surface area contributed by atoms with Crippen LogP contribution < -0.4 is 0 Å². The second kappa shape index (κ2) is 7.11. The van der Waals surface area contributed by atoms with Crippen molar-refractivity contribution in [1.82, 2.24) is 0 Å². The number of Topliss-reactive ketones (excluding diaryl/α,β-unsaturated/α-hetero) is 1. The van der Waals surface area contributed by atoms with Crippen LogP contribution in [-0.2, 0) is 4.79 Å². The molecule has 1 saturated carbocycles. The van der Waals surface area contributed by atoms with E-state index in [1.165, 1.54) is 12.8 Å². The fourth-order valence-corrected chi connectivity index (χ4v) is 3.47.